The highest BCUT2D eigenvalue weighted by Gasteiger charge is 2.28. The Morgan fingerprint density at radius 1 is 1.36 bits per heavy atom. The number of hydrogen-bond acceptors (Lipinski definition) is 5. The number of carbonyl (C=O) groups excluding carboxylic acids is 1. The number of halogens is 3. The zero-order valence-electron chi connectivity index (χ0n) is 15.0. The van der Waals surface area contributed by atoms with E-state index in [1.807, 2.05) is 0 Å². The second-order valence-electron chi connectivity index (χ2n) is 6.20. The van der Waals surface area contributed by atoms with Crippen LogP contribution < -0.4 is 10.5 Å². The van der Waals surface area contributed by atoms with E-state index in [1.54, 1.807) is 11.9 Å². The summed E-state index contributed by atoms with van der Waals surface area (Å²) in [4.78, 5) is 17.5. The van der Waals surface area contributed by atoms with Crippen molar-refractivity contribution in [2.75, 3.05) is 18.9 Å². The second kappa shape index (κ2) is 8.71. The van der Waals surface area contributed by atoms with Crippen LogP contribution in [-0.2, 0) is 27.9 Å². The average molecular weight is 419 g/mol. The number of alkyl halides is 3. The van der Waals surface area contributed by atoms with Gasteiger partial charge >= 0.3 is 6.18 Å². The quantitative estimate of drug-likeness (QED) is 0.675. The van der Waals surface area contributed by atoms with Crippen LogP contribution in [0.4, 0.5) is 18.9 Å². The number of nitrogens with zero attached hydrogens (tertiary/aromatic N) is 3. The number of sulfonamides is 1. The molecule has 28 heavy (non-hydrogen) atoms. The summed E-state index contributed by atoms with van der Waals surface area (Å²) in [6.45, 7) is -0.728. The van der Waals surface area contributed by atoms with E-state index in [-0.39, 0.29) is 41.8 Å². The molecule has 12 heteroatoms. The summed E-state index contributed by atoms with van der Waals surface area (Å²) in [5, 5.41) is 7.60. The molecule has 8 nitrogen and oxygen atoms in total. The highest BCUT2D eigenvalue weighted by molar-refractivity contribution is 7.89. The maximum atomic E-state index is 12.5. The summed E-state index contributed by atoms with van der Waals surface area (Å²) in [7, 11) is -2.23. The van der Waals surface area contributed by atoms with Crippen LogP contribution in [0.25, 0.3) is 0 Å². The van der Waals surface area contributed by atoms with Gasteiger partial charge in [-0.3, -0.25) is 9.69 Å². The van der Waals surface area contributed by atoms with Crippen LogP contribution in [0.15, 0.2) is 41.6 Å². The summed E-state index contributed by atoms with van der Waals surface area (Å²) in [6.07, 6.45) is -1.75. The number of primary sulfonamides is 1. The molecule has 0 spiro atoms. The summed E-state index contributed by atoms with van der Waals surface area (Å²) in [5.41, 5.74) is 0.278. The van der Waals surface area contributed by atoms with E-state index >= 15 is 0 Å². The average Bonchev–Trinajstić information content (AvgIpc) is 2.97. The van der Waals surface area contributed by atoms with Gasteiger partial charge in [-0.05, 0) is 25.2 Å². The van der Waals surface area contributed by atoms with Gasteiger partial charge in [-0.1, -0.05) is 6.07 Å². The summed E-state index contributed by atoms with van der Waals surface area (Å²) >= 11 is 0. The first-order valence-electron chi connectivity index (χ1n) is 8.12. The minimum Gasteiger partial charge on any atom is -0.326 e. The highest BCUT2D eigenvalue weighted by Crippen LogP contribution is 2.19. The normalized spacial score (nSPS) is 12.4. The molecule has 1 amide bonds. The lowest BCUT2D eigenvalue weighted by molar-refractivity contribution is -0.141. The third-order valence-electron chi connectivity index (χ3n) is 3.73. The fraction of sp³-hybridized carbons (Fsp3) is 0.375. The lowest BCUT2D eigenvalue weighted by Crippen LogP contribution is -2.27. The minimum atomic E-state index is -4.35. The number of carbonyl (C=O) groups is 1. The smallest absolute Gasteiger partial charge is 0.326 e. The third-order valence-corrected chi connectivity index (χ3v) is 4.64. The van der Waals surface area contributed by atoms with Crippen LogP contribution in [0.5, 0.6) is 0 Å². The molecule has 2 rings (SSSR count). The van der Waals surface area contributed by atoms with Crippen LogP contribution in [0, 0.1) is 0 Å². The number of anilines is 1. The summed E-state index contributed by atoms with van der Waals surface area (Å²) in [6, 6.07) is 5.51. The number of hydrogen-bond donors (Lipinski definition) is 2. The maximum absolute atomic E-state index is 12.5. The van der Waals surface area contributed by atoms with Gasteiger partial charge in [-0.25, -0.2) is 18.5 Å². The first kappa shape index (κ1) is 21.9. The van der Waals surface area contributed by atoms with Gasteiger partial charge in [-0.2, -0.15) is 13.2 Å². The van der Waals surface area contributed by atoms with E-state index < -0.39 is 22.7 Å². The predicted molar refractivity (Wildman–Crippen MR) is 95.7 cm³/mol. The monoisotopic (exact) mass is 419 g/mol. The zero-order valence-corrected chi connectivity index (χ0v) is 15.8. The van der Waals surface area contributed by atoms with Gasteiger partial charge in [0.15, 0.2) is 0 Å². The van der Waals surface area contributed by atoms with Crippen LogP contribution in [-0.4, -0.2) is 48.5 Å². The van der Waals surface area contributed by atoms with Gasteiger partial charge in [0.05, 0.1) is 11.4 Å². The van der Waals surface area contributed by atoms with E-state index in [0.717, 1.165) is 4.57 Å². The first-order valence-corrected chi connectivity index (χ1v) is 9.67. The SMILES string of the molecule is CN(CCC(=O)Nc1cccc(S(N)(=O)=O)c1)Cc1nccn1CC(F)(F)F. The van der Waals surface area contributed by atoms with E-state index in [1.165, 1.54) is 36.7 Å². The van der Waals surface area contributed by atoms with Crippen molar-refractivity contribution < 1.29 is 26.4 Å². The zero-order chi connectivity index (χ0) is 20.9. The van der Waals surface area contributed by atoms with Crippen LogP contribution >= 0.6 is 0 Å². The van der Waals surface area contributed by atoms with Crippen LogP contribution in [0.1, 0.15) is 12.2 Å². The molecule has 0 fully saturated rings. The van der Waals surface area contributed by atoms with E-state index in [9.17, 15) is 26.4 Å². The standard InChI is InChI=1S/C16H20F3N5O3S/c1-23(10-14-21-6-8-24(14)11-16(17,18)19)7-5-15(25)22-12-3-2-4-13(9-12)28(20,26)27/h2-4,6,8-9H,5,7,10-11H2,1H3,(H,22,25)(H2,20,26,27). The van der Waals surface area contributed by atoms with E-state index in [4.69, 9.17) is 5.14 Å². The Hall–Kier alpha value is -2.44. The molecule has 1 aromatic heterocycles. The molecule has 1 aromatic carbocycles. The van der Waals surface area contributed by atoms with Crippen molar-refractivity contribution in [3.63, 3.8) is 0 Å². The van der Waals surface area contributed by atoms with Gasteiger partial charge in [0.25, 0.3) is 0 Å². The van der Waals surface area contributed by atoms with Crippen LogP contribution in [0.3, 0.4) is 0 Å². The van der Waals surface area contributed by atoms with Crippen molar-refractivity contribution in [3.05, 3.63) is 42.5 Å². The Bertz CT molecular complexity index is 928. The fourth-order valence-electron chi connectivity index (χ4n) is 2.42. The van der Waals surface area contributed by atoms with Gasteiger partial charge in [0, 0.05) is 31.0 Å². The molecule has 0 radical (unpaired) electrons. The number of aromatic nitrogens is 2. The Morgan fingerprint density at radius 2 is 2.07 bits per heavy atom. The largest absolute Gasteiger partial charge is 0.406 e. The van der Waals surface area contributed by atoms with E-state index in [2.05, 4.69) is 10.3 Å². The predicted octanol–water partition coefficient (Wildman–Crippen LogP) is 1.55. The minimum absolute atomic E-state index is 0.0517. The molecular weight excluding hydrogens is 399 g/mol. The number of rotatable bonds is 8. The number of benzene rings is 1. The summed E-state index contributed by atoms with van der Waals surface area (Å²) in [5.74, 6) is -0.141. The molecule has 0 atom stereocenters. The number of nitrogens with one attached hydrogen (secondary N) is 1. The van der Waals surface area contributed by atoms with Crippen molar-refractivity contribution in [1.29, 1.82) is 0 Å². The molecule has 2 aromatic rings. The van der Waals surface area contributed by atoms with Crippen molar-refractivity contribution in [2.24, 2.45) is 5.14 Å². The Morgan fingerprint density at radius 3 is 2.71 bits per heavy atom. The van der Waals surface area contributed by atoms with Crippen molar-refractivity contribution >= 4 is 21.6 Å². The third kappa shape index (κ3) is 6.94. The summed E-state index contributed by atoms with van der Waals surface area (Å²) < 4.78 is 61.3. The van der Waals surface area contributed by atoms with Gasteiger partial charge in [0.1, 0.15) is 12.4 Å². The number of nitrogens with two attached hydrogens (primary N) is 1. The Balaban J connectivity index is 1.87. The van der Waals surface area contributed by atoms with Crippen LogP contribution in [0.2, 0.25) is 0 Å². The number of imidazole rings is 1. The molecule has 0 unspecified atom stereocenters. The molecule has 3 N–H and O–H groups in total. The molecule has 0 bridgehead atoms. The molecule has 0 aliphatic heterocycles. The first-order chi connectivity index (χ1) is 12.9. The Kier molecular flexibility index (Phi) is 6.80. The topological polar surface area (TPSA) is 110 Å². The van der Waals surface area contributed by atoms with Gasteiger partial charge in [-0.15, -0.1) is 0 Å². The molecule has 1 heterocycles. The highest BCUT2D eigenvalue weighted by atomic mass is 32.2. The van der Waals surface area contributed by atoms with Gasteiger partial charge in [0.2, 0.25) is 15.9 Å². The van der Waals surface area contributed by atoms with E-state index in [0.29, 0.717) is 0 Å². The van der Waals surface area contributed by atoms with Crippen molar-refractivity contribution in [2.45, 2.75) is 30.6 Å². The lowest BCUT2D eigenvalue weighted by Gasteiger charge is -2.17. The molecule has 0 saturated carbocycles. The van der Waals surface area contributed by atoms with Crippen molar-refractivity contribution in [3.8, 4) is 0 Å². The number of amides is 1. The molecule has 0 saturated heterocycles. The Labute approximate surface area is 160 Å². The molecule has 154 valence electrons. The fourth-order valence-corrected chi connectivity index (χ4v) is 2.98. The second-order valence-corrected chi connectivity index (χ2v) is 7.76. The van der Waals surface area contributed by atoms with Gasteiger partial charge < -0.3 is 9.88 Å². The lowest BCUT2D eigenvalue weighted by atomic mass is 10.3. The molecule has 0 aliphatic carbocycles. The molecular formula is C16H20F3N5O3S. The maximum Gasteiger partial charge on any atom is 0.406 e. The van der Waals surface area contributed by atoms with Crippen molar-refractivity contribution in [1.82, 2.24) is 14.5 Å². The molecule has 0 aliphatic rings.